The van der Waals surface area contributed by atoms with Crippen LogP contribution in [0.5, 0.6) is 0 Å². The molecular formula is C11H8N2O. The molecule has 14 heavy (non-hydrogen) atoms. The molecule has 1 aromatic heterocycles. The standard InChI is InChI=1S/C11H8N2O/c1-7-2-3-9-10(4-7)13-8(6-12)5-11(9)14/h2-5H,1H3,(H,13,14). The summed E-state index contributed by atoms with van der Waals surface area (Å²) in [5.74, 6) is 0. The van der Waals surface area contributed by atoms with Crippen molar-refractivity contribution in [3.63, 3.8) is 0 Å². The normalized spacial score (nSPS) is 10.0. The van der Waals surface area contributed by atoms with Crippen molar-refractivity contribution in [2.45, 2.75) is 6.92 Å². The van der Waals surface area contributed by atoms with Crippen LogP contribution in [0, 0.1) is 18.3 Å². The second-order valence-electron chi connectivity index (χ2n) is 3.21. The first-order valence-corrected chi connectivity index (χ1v) is 4.24. The minimum absolute atomic E-state index is 0.115. The van der Waals surface area contributed by atoms with Crippen molar-refractivity contribution in [1.82, 2.24) is 4.98 Å². The molecule has 0 unspecified atom stereocenters. The number of H-pyrrole nitrogens is 1. The van der Waals surface area contributed by atoms with Crippen LogP contribution in [-0.4, -0.2) is 4.98 Å². The summed E-state index contributed by atoms with van der Waals surface area (Å²) in [7, 11) is 0. The molecule has 2 aromatic rings. The van der Waals surface area contributed by atoms with Gasteiger partial charge in [0, 0.05) is 11.5 Å². The minimum Gasteiger partial charge on any atom is -0.346 e. The van der Waals surface area contributed by atoms with Gasteiger partial charge < -0.3 is 4.98 Å². The Morgan fingerprint density at radius 2 is 2.14 bits per heavy atom. The number of aromatic nitrogens is 1. The van der Waals surface area contributed by atoms with Crippen LogP contribution in [-0.2, 0) is 0 Å². The van der Waals surface area contributed by atoms with E-state index in [2.05, 4.69) is 4.98 Å². The maximum atomic E-state index is 11.5. The summed E-state index contributed by atoms with van der Waals surface area (Å²) >= 11 is 0. The van der Waals surface area contributed by atoms with Crippen molar-refractivity contribution in [3.05, 3.63) is 45.7 Å². The number of benzene rings is 1. The van der Waals surface area contributed by atoms with E-state index in [1.54, 1.807) is 6.07 Å². The summed E-state index contributed by atoms with van der Waals surface area (Å²) in [5.41, 5.74) is 1.96. The van der Waals surface area contributed by atoms with Crippen molar-refractivity contribution in [2.75, 3.05) is 0 Å². The summed E-state index contributed by atoms with van der Waals surface area (Å²) < 4.78 is 0. The molecule has 2 rings (SSSR count). The minimum atomic E-state index is -0.115. The molecule has 0 spiro atoms. The van der Waals surface area contributed by atoms with Crippen molar-refractivity contribution in [1.29, 1.82) is 5.26 Å². The zero-order valence-corrected chi connectivity index (χ0v) is 7.66. The summed E-state index contributed by atoms with van der Waals surface area (Å²) in [6.07, 6.45) is 0. The van der Waals surface area contributed by atoms with Gasteiger partial charge in [-0.05, 0) is 24.6 Å². The Hall–Kier alpha value is -2.08. The molecule has 68 valence electrons. The van der Waals surface area contributed by atoms with E-state index in [0.717, 1.165) is 5.56 Å². The Morgan fingerprint density at radius 1 is 1.36 bits per heavy atom. The molecule has 1 N–H and O–H groups in total. The highest BCUT2D eigenvalue weighted by atomic mass is 16.1. The van der Waals surface area contributed by atoms with Gasteiger partial charge in [0.05, 0.1) is 5.52 Å². The van der Waals surface area contributed by atoms with E-state index < -0.39 is 0 Å². The smallest absolute Gasteiger partial charge is 0.190 e. The molecule has 1 aromatic carbocycles. The lowest BCUT2D eigenvalue weighted by molar-refractivity contribution is 1.30. The number of nitrogens with zero attached hydrogens (tertiary/aromatic N) is 1. The van der Waals surface area contributed by atoms with Crippen molar-refractivity contribution >= 4 is 10.9 Å². The van der Waals surface area contributed by atoms with Crippen molar-refractivity contribution < 1.29 is 0 Å². The van der Waals surface area contributed by atoms with Gasteiger partial charge in [0.25, 0.3) is 0 Å². The SMILES string of the molecule is Cc1ccc2c(=O)cc(C#N)[nH]c2c1. The number of pyridine rings is 1. The number of hydrogen-bond acceptors (Lipinski definition) is 2. The van der Waals surface area contributed by atoms with Gasteiger partial charge in [0.15, 0.2) is 5.43 Å². The zero-order chi connectivity index (χ0) is 10.1. The number of hydrogen-bond donors (Lipinski definition) is 1. The number of aromatic amines is 1. The molecule has 3 heteroatoms. The van der Waals surface area contributed by atoms with Crippen LogP contribution in [0.2, 0.25) is 0 Å². The molecule has 0 aliphatic carbocycles. The van der Waals surface area contributed by atoms with Crippen LogP contribution in [0.3, 0.4) is 0 Å². The molecule has 0 radical (unpaired) electrons. The second kappa shape index (κ2) is 3.00. The Morgan fingerprint density at radius 3 is 2.86 bits per heavy atom. The molecule has 0 saturated heterocycles. The average Bonchev–Trinajstić information content (AvgIpc) is 2.16. The highest BCUT2D eigenvalue weighted by Gasteiger charge is 2.00. The molecule has 3 nitrogen and oxygen atoms in total. The van der Waals surface area contributed by atoms with E-state index in [4.69, 9.17) is 5.26 Å². The number of rotatable bonds is 0. The Kier molecular flexibility index (Phi) is 1.83. The first-order valence-electron chi connectivity index (χ1n) is 4.24. The highest BCUT2D eigenvalue weighted by molar-refractivity contribution is 5.79. The predicted octanol–water partition coefficient (Wildman–Crippen LogP) is 1.71. The fraction of sp³-hybridized carbons (Fsp3) is 0.0909. The van der Waals surface area contributed by atoms with Gasteiger partial charge in [-0.1, -0.05) is 6.07 Å². The summed E-state index contributed by atoms with van der Waals surface area (Å²) in [4.78, 5) is 14.4. The largest absolute Gasteiger partial charge is 0.346 e. The van der Waals surface area contributed by atoms with Crippen molar-refractivity contribution in [2.24, 2.45) is 0 Å². The number of fused-ring (bicyclic) bond motifs is 1. The van der Waals surface area contributed by atoms with Crippen molar-refractivity contribution in [3.8, 4) is 6.07 Å². The molecule has 0 saturated carbocycles. The molecule has 0 fully saturated rings. The predicted molar refractivity (Wildman–Crippen MR) is 54.0 cm³/mol. The van der Waals surface area contributed by atoms with E-state index in [1.807, 2.05) is 25.1 Å². The third-order valence-electron chi connectivity index (χ3n) is 2.11. The van der Waals surface area contributed by atoms with Gasteiger partial charge in [-0.3, -0.25) is 4.79 Å². The van der Waals surface area contributed by atoms with Gasteiger partial charge in [-0.15, -0.1) is 0 Å². The molecule has 1 heterocycles. The molecule has 0 bridgehead atoms. The van der Waals surface area contributed by atoms with Crippen LogP contribution in [0.25, 0.3) is 10.9 Å². The third-order valence-corrected chi connectivity index (χ3v) is 2.11. The van der Waals surface area contributed by atoms with E-state index in [1.165, 1.54) is 6.07 Å². The lowest BCUT2D eigenvalue weighted by atomic mass is 10.1. The first kappa shape index (κ1) is 8.52. The summed E-state index contributed by atoms with van der Waals surface area (Å²) in [6.45, 7) is 1.94. The molecule has 0 amide bonds. The molecule has 0 atom stereocenters. The maximum Gasteiger partial charge on any atom is 0.190 e. The number of nitrogens with one attached hydrogen (secondary N) is 1. The van der Waals surface area contributed by atoms with E-state index >= 15 is 0 Å². The van der Waals surface area contributed by atoms with Crippen LogP contribution in [0.15, 0.2) is 29.1 Å². The lowest BCUT2D eigenvalue weighted by Crippen LogP contribution is -2.03. The maximum absolute atomic E-state index is 11.5. The first-order chi connectivity index (χ1) is 6.70. The van der Waals surface area contributed by atoms with E-state index in [0.29, 0.717) is 16.6 Å². The van der Waals surface area contributed by atoms with Crippen LogP contribution >= 0.6 is 0 Å². The van der Waals surface area contributed by atoms with Gasteiger partial charge in [0.2, 0.25) is 0 Å². The zero-order valence-electron chi connectivity index (χ0n) is 7.66. The van der Waals surface area contributed by atoms with Crippen LogP contribution in [0.1, 0.15) is 11.3 Å². The fourth-order valence-electron chi connectivity index (χ4n) is 1.43. The fourth-order valence-corrected chi connectivity index (χ4v) is 1.43. The average molecular weight is 184 g/mol. The quantitative estimate of drug-likeness (QED) is 0.677. The number of aryl methyl sites for hydroxylation is 1. The molecule has 0 aliphatic heterocycles. The van der Waals surface area contributed by atoms with Gasteiger partial charge in [-0.2, -0.15) is 5.26 Å². The monoisotopic (exact) mass is 184 g/mol. The Labute approximate surface area is 80.6 Å². The van der Waals surface area contributed by atoms with E-state index in [-0.39, 0.29) is 5.43 Å². The van der Waals surface area contributed by atoms with E-state index in [9.17, 15) is 4.79 Å². The molecule has 0 aliphatic rings. The molecular weight excluding hydrogens is 176 g/mol. The van der Waals surface area contributed by atoms with Gasteiger partial charge in [0.1, 0.15) is 11.8 Å². The second-order valence-corrected chi connectivity index (χ2v) is 3.21. The Balaban J connectivity index is 2.92. The summed E-state index contributed by atoms with van der Waals surface area (Å²) in [5, 5.41) is 9.29. The van der Waals surface area contributed by atoms with Gasteiger partial charge in [-0.25, -0.2) is 0 Å². The number of nitriles is 1. The van der Waals surface area contributed by atoms with Crippen LogP contribution < -0.4 is 5.43 Å². The van der Waals surface area contributed by atoms with Gasteiger partial charge >= 0.3 is 0 Å². The Bertz CT molecular complexity index is 590. The topological polar surface area (TPSA) is 56.6 Å². The van der Waals surface area contributed by atoms with Crippen LogP contribution in [0.4, 0.5) is 0 Å². The highest BCUT2D eigenvalue weighted by Crippen LogP contribution is 2.09. The summed E-state index contributed by atoms with van der Waals surface area (Å²) in [6, 6.07) is 8.75. The lowest BCUT2D eigenvalue weighted by Gasteiger charge is -1.99. The third kappa shape index (κ3) is 1.27.